The lowest BCUT2D eigenvalue weighted by Gasteiger charge is -2.21. The van der Waals surface area contributed by atoms with Gasteiger partial charge in [-0.1, -0.05) is 291 Å². The Morgan fingerprint density at radius 3 is 0.826 bits per heavy atom. The maximum absolute atomic E-state index is 13.0. The molecule has 0 aliphatic rings. The molecule has 0 radical (unpaired) electrons. The SMILES string of the molecule is CCCCCCCCCCCCCCCCCCCCC(=O)O[C@H](COC(=O)CCCCCCCCCCCCC(C)CC)COP(=O)(O)OC[C@@H](O)COP(=O)(O)OC[C@@H](COC(=O)CCCCCCC)OC(=O)CCCCCCCCCCC. The maximum atomic E-state index is 13.0. The predicted octanol–water partition coefficient (Wildman–Crippen LogP) is 19.0. The van der Waals surface area contributed by atoms with Gasteiger partial charge in [-0.25, -0.2) is 9.13 Å². The topological polar surface area (TPSA) is 237 Å². The molecule has 0 fully saturated rings. The molecular formula is C67H130O17P2. The highest BCUT2D eigenvalue weighted by Gasteiger charge is 2.30. The molecule has 0 saturated heterocycles. The van der Waals surface area contributed by atoms with Gasteiger partial charge in [-0.05, 0) is 31.6 Å². The molecule has 17 nitrogen and oxygen atoms in total. The van der Waals surface area contributed by atoms with Crippen LogP contribution in [0.5, 0.6) is 0 Å². The fraction of sp³-hybridized carbons (Fsp3) is 0.940. The van der Waals surface area contributed by atoms with Crippen LogP contribution in [0.25, 0.3) is 0 Å². The van der Waals surface area contributed by atoms with Gasteiger partial charge in [0.1, 0.15) is 19.3 Å². The lowest BCUT2D eigenvalue weighted by Crippen LogP contribution is -2.30. The van der Waals surface area contributed by atoms with E-state index in [1.165, 1.54) is 161 Å². The first-order chi connectivity index (χ1) is 41.6. The summed E-state index contributed by atoms with van der Waals surface area (Å²) in [4.78, 5) is 72.1. The normalized spacial score (nSPS) is 14.5. The van der Waals surface area contributed by atoms with Crippen molar-refractivity contribution in [1.29, 1.82) is 0 Å². The van der Waals surface area contributed by atoms with E-state index in [4.69, 9.17) is 37.0 Å². The molecule has 0 bridgehead atoms. The minimum absolute atomic E-state index is 0.105. The predicted molar refractivity (Wildman–Crippen MR) is 345 cm³/mol. The summed E-state index contributed by atoms with van der Waals surface area (Å²) < 4.78 is 67.9. The van der Waals surface area contributed by atoms with Gasteiger partial charge in [0.05, 0.1) is 26.4 Å². The molecule has 86 heavy (non-hydrogen) atoms. The molecule has 0 aliphatic carbocycles. The number of rotatable bonds is 67. The summed E-state index contributed by atoms with van der Waals surface area (Å²) in [6.07, 6.45) is 46.2. The van der Waals surface area contributed by atoms with Crippen molar-refractivity contribution in [1.82, 2.24) is 0 Å². The van der Waals surface area contributed by atoms with Crippen LogP contribution in [0.1, 0.15) is 343 Å². The summed E-state index contributed by atoms with van der Waals surface area (Å²) in [7, 11) is -9.88. The van der Waals surface area contributed by atoms with Crippen LogP contribution >= 0.6 is 15.6 Å². The van der Waals surface area contributed by atoms with Crippen LogP contribution in [0, 0.1) is 5.92 Å². The van der Waals surface area contributed by atoms with Crippen molar-refractivity contribution in [3.63, 3.8) is 0 Å². The summed E-state index contributed by atoms with van der Waals surface area (Å²) in [6.45, 7) is 7.15. The minimum atomic E-state index is -4.95. The Balaban J connectivity index is 5.15. The van der Waals surface area contributed by atoms with Crippen LogP contribution in [0.2, 0.25) is 0 Å². The molecule has 0 heterocycles. The number of hydrogen-bond acceptors (Lipinski definition) is 15. The highest BCUT2D eigenvalue weighted by Crippen LogP contribution is 2.45. The van der Waals surface area contributed by atoms with E-state index < -0.39 is 97.5 Å². The third-order valence-electron chi connectivity index (χ3n) is 15.9. The Hall–Kier alpha value is -1.94. The Morgan fingerprint density at radius 2 is 0.558 bits per heavy atom. The van der Waals surface area contributed by atoms with Gasteiger partial charge in [-0.2, -0.15) is 0 Å². The summed E-state index contributed by atoms with van der Waals surface area (Å²) in [6, 6.07) is 0. The Kier molecular flexibility index (Phi) is 59.2. The molecule has 510 valence electrons. The number of carbonyl (C=O) groups is 4. The van der Waals surface area contributed by atoms with Crippen molar-refractivity contribution in [3.05, 3.63) is 0 Å². The number of aliphatic hydroxyl groups is 1. The van der Waals surface area contributed by atoms with Crippen molar-refractivity contribution in [2.24, 2.45) is 5.92 Å². The first-order valence-corrected chi connectivity index (χ1v) is 38.2. The van der Waals surface area contributed by atoms with Crippen LogP contribution < -0.4 is 0 Å². The van der Waals surface area contributed by atoms with E-state index in [1.54, 1.807) is 0 Å². The zero-order chi connectivity index (χ0) is 63.5. The average molecular weight is 1270 g/mol. The van der Waals surface area contributed by atoms with Crippen LogP contribution in [0.4, 0.5) is 0 Å². The third kappa shape index (κ3) is 59.7. The number of aliphatic hydroxyl groups excluding tert-OH is 1. The molecule has 3 N–H and O–H groups in total. The van der Waals surface area contributed by atoms with Gasteiger partial charge in [-0.3, -0.25) is 37.3 Å². The molecule has 0 spiro atoms. The van der Waals surface area contributed by atoms with Crippen LogP contribution in [-0.4, -0.2) is 96.7 Å². The zero-order valence-corrected chi connectivity index (χ0v) is 57.2. The number of hydrogen-bond donors (Lipinski definition) is 3. The molecule has 0 saturated carbocycles. The van der Waals surface area contributed by atoms with Crippen molar-refractivity contribution in [2.45, 2.75) is 361 Å². The molecule has 0 aliphatic heterocycles. The number of ether oxygens (including phenoxy) is 4. The molecule has 0 aromatic heterocycles. The van der Waals surface area contributed by atoms with E-state index in [2.05, 4.69) is 34.6 Å². The fourth-order valence-corrected chi connectivity index (χ4v) is 11.7. The third-order valence-corrected chi connectivity index (χ3v) is 17.8. The summed E-state index contributed by atoms with van der Waals surface area (Å²) >= 11 is 0. The van der Waals surface area contributed by atoms with Gasteiger partial charge < -0.3 is 33.8 Å². The fourth-order valence-electron chi connectivity index (χ4n) is 10.1. The second-order valence-electron chi connectivity index (χ2n) is 24.5. The molecule has 0 aromatic carbocycles. The van der Waals surface area contributed by atoms with E-state index >= 15 is 0 Å². The van der Waals surface area contributed by atoms with Gasteiger partial charge in [0.15, 0.2) is 12.2 Å². The van der Waals surface area contributed by atoms with Crippen LogP contribution in [-0.2, 0) is 65.4 Å². The minimum Gasteiger partial charge on any atom is -0.462 e. The number of phosphoric ester groups is 2. The quantitative estimate of drug-likeness (QED) is 0.0222. The smallest absolute Gasteiger partial charge is 0.462 e. The first-order valence-electron chi connectivity index (χ1n) is 35.2. The van der Waals surface area contributed by atoms with Gasteiger partial charge in [-0.15, -0.1) is 0 Å². The van der Waals surface area contributed by atoms with E-state index in [0.29, 0.717) is 25.7 Å². The summed E-state index contributed by atoms with van der Waals surface area (Å²) in [5.41, 5.74) is 0. The number of esters is 4. The van der Waals surface area contributed by atoms with Crippen molar-refractivity contribution >= 4 is 39.5 Å². The van der Waals surface area contributed by atoms with Crippen LogP contribution in [0.15, 0.2) is 0 Å². The number of phosphoric acid groups is 2. The zero-order valence-electron chi connectivity index (χ0n) is 55.4. The maximum Gasteiger partial charge on any atom is 0.472 e. The molecule has 0 amide bonds. The van der Waals surface area contributed by atoms with Crippen molar-refractivity contribution < 1.29 is 80.2 Å². The van der Waals surface area contributed by atoms with Gasteiger partial charge in [0.25, 0.3) is 0 Å². The monoisotopic (exact) mass is 1270 g/mol. The first kappa shape index (κ1) is 84.1. The van der Waals surface area contributed by atoms with Gasteiger partial charge >= 0.3 is 39.5 Å². The second-order valence-corrected chi connectivity index (χ2v) is 27.4. The second kappa shape index (κ2) is 60.6. The highest BCUT2D eigenvalue weighted by atomic mass is 31.2. The van der Waals surface area contributed by atoms with Crippen molar-refractivity contribution in [3.8, 4) is 0 Å². The molecule has 0 aromatic rings. The van der Waals surface area contributed by atoms with Gasteiger partial charge in [0, 0.05) is 25.7 Å². The lowest BCUT2D eigenvalue weighted by molar-refractivity contribution is -0.161. The summed E-state index contributed by atoms with van der Waals surface area (Å²) in [5, 5.41) is 10.5. The van der Waals surface area contributed by atoms with E-state index in [1.807, 2.05) is 0 Å². The Bertz CT molecular complexity index is 1670. The molecular weight excluding hydrogens is 1140 g/mol. The largest absolute Gasteiger partial charge is 0.472 e. The Labute approximate surface area is 524 Å². The standard InChI is InChI=1S/C67H130O17P2/c1-6-10-13-16-18-20-21-22-23-24-25-26-27-28-34-38-43-48-53-67(72)84-63(57-78-65(70)51-46-41-36-33-30-29-32-35-40-44-49-60(5)9-4)59-82-86(75,76)80-55-61(68)54-79-85(73,74)81-58-62(56-77-64(69)50-45-39-15-12-8-3)83-66(71)52-47-42-37-31-19-17-14-11-7-2/h60-63,68H,6-59H2,1-5H3,(H,73,74)(H,75,76)/t60?,61-,62+,63+/m0/s1. The molecule has 19 heteroatoms. The van der Waals surface area contributed by atoms with Crippen molar-refractivity contribution in [2.75, 3.05) is 39.6 Å². The van der Waals surface area contributed by atoms with E-state index in [0.717, 1.165) is 102 Å². The number of carbonyl (C=O) groups excluding carboxylic acids is 4. The van der Waals surface area contributed by atoms with Gasteiger partial charge in [0.2, 0.25) is 0 Å². The average Bonchev–Trinajstić information content (AvgIpc) is 3.70. The molecule has 3 unspecified atom stereocenters. The van der Waals surface area contributed by atoms with E-state index in [-0.39, 0.29) is 25.7 Å². The Morgan fingerprint density at radius 1 is 0.326 bits per heavy atom. The molecule has 0 rings (SSSR count). The number of unbranched alkanes of at least 4 members (excludes halogenated alkanes) is 38. The molecule has 6 atom stereocenters. The highest BCUT2D eigenvalue weighted by molar-refractivity contribution is 7.47. The van der Waals surface area contributed by atoms with E-state index in [9.17, 15) is 43.2 Å². The lowest BCUT2D eigenvalue weighted by atomic mass is 9.99. The van der Waals surface area contributed by atoms with Crippen LogP contribution in [0.3, 0.4) is 0 Å². The summed E-state index contributed by atoms with van der Waals surface area (Å²) in [5.74, 6) is -1.33.